The van der Waals surface area contributed by atoms with E-state index in [1.54, 1.807) is 36.4 Å². The molecule has 8 heteroatoms. The van der Waals surface area contributed by atoms with Gasteiger partial charge in [-0.25, -0.2) is 0 Å². The number of hydrogen-bond acceptors (Lipinski definition) is 8. The molecule has 31 heavy (non-hydrogen) atoms. The second-order valence-electron chi connectivity index (χ2n) is 6.84. The molecule has 0 radical (unpaired) electrons. The first-order chi connectivity index (χ1) is 15.3. The summed E-state index contributed by atoms with van der Waals surface area (Å²) >= 11 is 0. The van der Waals surface area contributed by atoms with Crippen molar-refractivity contribution in [3.63, 3.8) is 0 Å². The van der Waals surface area contributed by atoms with E-state index in [1.165, 1.54) is 0 Å². The highest BCUT2D eigenvalue weighted by atomic mass is 16.6. The summed E-state index contributed by atoms with van der Waals surface area (Å²) in [5.41, 5.74) is 0.643. The fourth-order valence-corrected chi connectivity index (χ4v) is 3.26. The topological polar surface area (TPSA) is 85.6 Å². The molecule has 0 fully saturated rings. The van der Waals surface area contributed by atoms with E-state index in [1.807, 2.05) is 0 Å². The Morgan fingerprint density at radius 2 is 0.903 bits per heavy atom. The van der Waals surface area contributed by atoms with Crippen molar-refractivity contribution >= 4 is 21.9 Å². The smallest absolute Gasteiger partial charge is 0.200 e. The third kappa shape index (κ3) is 5.54. The second-order valence-corrected chi connectivity index (χ2v) is 6.84. The normalized spacial score (nSPS) is 17.8. The SMILES string of the molecule is O=c1c2cccc3c2oc2c(cccc12)OCCOCCOCCOCCOCCO3. The van der Waals surface area contributed by atoms with Crippen LogP contribution in [0.5, 0.6) is 11.5 Å². The van der Waals surface area contributed by atoms with Gasteiger partial charge in [-0.3, -0.25) is 4.79 Å². The molecule has 166 valence electrons. The molecule has 1 aliphatic rings. The Labute approximate surface area is 179 Å². The van der Waals surface area contributed by atoms with E-state index in [0.717, 1.165) is 0 Å². The van der Waals surface area contributed by atoms with Crippen LogP contribution in [0.15, 0.2) is 45.6 Å². The van der Waals surface area contributed by atoms with Gasteiger partial charge in [-0.05, 0) is 24.3 Å². The van der Waals surface area contributed by atoms with Gasteiger partial charge in [-0.2, -0.15) is 0 Å². The summed E-state index contributed by atoms with van der Waals surface area (Å²) in [6.45, 7) is 4.31. The molecule has 2 heterocycles. The van der Waals surface area contributed by atoms with Crippen molar-refractivity contribution in [2.45, 2.75) is 0 Å². The van der Waals surface area contributed by atoms with Gasteiger partial charge in [0.15, 0.2) is 22.7 Å². The summed E-state index contributed by atoms with van der Waals surface area (Å²) in [7, 11) is 0. The highest BCUT2D eigenvalue weighted by Crippen LogP contribution is 2.31. The molecule has 0 spiro atoms. The van der Waals surface area contributed by atoms with E-state index >= 15 is 0 Å². The van der Waals surface area contributed by atoms with Gasteiger partial charge in [0.25, 0.3) is 0 Å². The molecular weight excluding hydrogens is 404 g/mol. The molecule has 0 saturated heterocycles. The zero-order valence-corrected chi connectivity index (χ0v) is 17.3. The molecular formula is C23H26O8. The lowest BCUT2D eigenvalue weighted by atomic mass is 10.1. The Morgan fingerprint density at radius 3 is 1.32 bits per heavy atom. The lowest BCUT2D eigenvalue weighted by Crippen LogP contribution is -2.14. The summed E-state index contributed by atoms with van der Waals surface area (Å²) < 4.78 is 39.7. The largest absolute Gasteiger partial charge is 0.487 e. The average molecular weight is 430 g/mol. The fraction of sp³-hybridized carbons (Fsp3) is 0.435. The monoisotopic (exact) mass is 430 g/mol. The first-order valence-corrected chi connectivity index (χ1v) is 10.4. The summed E-state index contributed by atoms with van der Waals surface area (Å²) in [6, 6.07) is 10.5. The van der Waals surface area contributed by atoms with E-state index in [-0.39, 0.29) is 5.43 Å². The second kappa shape index (κ2) is 11.1. The molecule has 0 saturated carbocycles. The molecule has 1 aromatic heterocycles. The van der Waals surface area contributed by atoms with Gasteiger partial charge < -0.3 is 32.8 Å². The third-order valence-corrected chi connectivity index (χ3v) is 4.74. The van der Waals surface area contributed by atoms with Crippen LogP contribution in [0.4, 0.5) is 0 Å². The molecule has 0 aliphatic carbocycles. The Morgan fingerprint density at radius 1 is 0.516 bits per heavy atom. The van der Waals surface area contributed by atoms with Crippen molar-refractivity contribution in [2.75, 3.05) is 66.1 Å². The average Bonchev–Trinajstić information content (AvgIpc) is 2.79. The summed E-state index contributed by atoms with van der Waals surface area (Å²) in [5, 5.41) is 0.913. The van der Waals surface area contributed by atoms with Gasteiger partial charge in [0.2, 0.25) is 5.43 Å². The molecule has 0 N–H and O–H groups in total. The van der Waals surface area contributed by atoms with Crippen molar-refractivity contribution in [3.8, 4) is 11.5 Å². The Kier molecular flexibility index (Phi) is 7.73. The van der Waals surface area contributed by atoms with Crippen LogP contribution >= 0.6 is 0 Å². The summed E-state index contributed by atoms with van der Waals surface area (Å²) in [4.78, 5) is 13.0. The number of hydrogen-bond donors (Lipinski definition) is 0. The van der Waals surface area contributed by atoms with Crippen LogP contribution in [-0.4, -0.2) is 66.1 Å². The molecule has 8 nitrogen and oxygen atoms in total. The van der Waals surface area contributed by atoms with Crippen LogP contribution in [-0.2, 0) is 18.9 Å². The van der Waals surface area contributed by atoms with Crippen LogP contribution in [0.2, 0.25) is 0 Å². The van der Waals surface area contributed by atoms with Crippen LogP contribution in [0.1, 0.15) is 0 Å². The van der Waals surface area contributed by atoms with Crippen LogP contribution in [0.25, 0.3) is 21.9 Å². The first-order valence-electron chi connectivity index (χ1n) is 10.4. The Balaban J connectivity index is 1.60. The summed E-state index contributed by atoms with van der Waals surface area (Å²) in [6.07, 6.45) is 0. The molecule has 0 atom stereocenters. The van der Waals surface area contributed by atoms with E-state index in [2.05, 4.69) is 0 Å². The lowest BCUT2D eigenvalue weighted by molar-refractivity contribution is -0.00690. The zero-order chi connectivity index (χ0) is 21.3. The molecule has 2 aromatic carbocycles. The molecule has 2 bridgehead atoms. The number of benzene rings is 2. The summed E-state index contributed by atoms with van der Waals surface area (Å²) in [5.74, 6) is 0.968. The van der Waals surface area contributed by atoms with Crippen LogP contribution in [0.3, 0.4) is 0 Å². The van der Waals surface area contributed by atoms with Gasteiger partial charge in [-0.1, -0.05) is 12.1 Å². The van der Waals surface area contributed by atoms with Crippen LogP contribution < -0.4 is 14.9 Å². The minimum absolute atomic E-state index is 0.132. The maximum atomic E-state index is 13.0. The lowest BCUT2D eigenvalue weighted by Gasteiger charge is -2.12. The minimum Gasteiger partial charge on any atom is -0.487 e. The van der Waals surface area contributed by atoms with Gasteiger partial charge in [0.1, 0.15) is 13.2 Å². The van der Waals surface area contributed by atoms with E-state index < -0.39 is 0 Å². The van der Waals surface area contributed by atoms with E-state index in [9.17, 15) is 4.79 Å². The standard InChI is InChI=1S/C23H26O8/c24-21-17-3-1-5-19-22(17)31-23-18(21)4-2-6-20(23)30-16-14-28-12-10-26-8-7-25-9-11-27-13-15-29-19/h1-6H,7-16H2. The third-order valence-electron chi connectivity index (χ3n) is 4.74. The Bertz CT molecular complexity index is 966. The molecule has 0 amide bonds. The minimum atomic E-state index is -0.132. The predicted molar refractivity (Wildman–Crippen MR) is 114 cm³/mol. The van der Waals surface area contributed by atoms with Crippen molar-refractivity contribution in [3.05, 3.63) is 46.6 Å². The van der Waals surface area contributed by atoms with E-state index in [4.69, 9.17) is 32.8 Å². The molecule has 3 aromatic rings. The quantitative estimate of drug-likeness (QED) is 0.504. The van der Waals surface area contributed by atoms with Crippen LogP contribution in [0, 0.1) is 0 Å². The van der Waals surface area contributed by atoms with Gasteiger partial charge in [0, 0.05) is 0 Å². The molecule has 1 aliphatic heterocycles. The van der Waals surface area contributed by atoms with Crippen molar-refractivity contribution in [1.82, 2.24) is 0 Å². The number of rotatable bonds is 0. The maximum Gasteiger partial charge on any atom is 0.200 e. The fourth-order valence-electron chi connectivity index (χ4n) is 3.26. The van der Waals surface area contributed by atoms with Crippen molar-refractivity contribution in [1.29, 1.82) is 0 Å². The maximum absolute atomic E-state index is 13.0. The molecule has 0 unspecified atom stereocenters. The number of ether oxygens (including phenoxy) is 6. The first kappa shape index (κ1) is 21.6. The van der Waals surface area contributed by atoms with Gasteiger partial charge in [-0.15, -0.1) is 0 Å². The van der Waals surface area contributed by atoms with Crippen molar-refractivity contribution < 1.29 is 32.8 Å². The highest BCUT2D eigenvalue weighted by Gasteiger charge is 2.15. The van der Waals surface area contributed by atoms with Crippen molar-refractivity contribution in [2.24, 2.45) is 0 Å². The Hall–Kier alpha value is -2.65. The van der Waals surface area contributed by atoms with Gasteiger partial charge >= 0.3 is 0 Å². The zero-order valence-electron chi connectivity index (χ0n) is 17.3. The number of para-hydroxylation sites is 2. The molecule has 4 rings (SSSR count). The van der Waals surface area contributed by atoms with E-state index in [0.29, 0.717) is 99.5 Å². The highest BCUT2D eigenvalue weighted by molar-refractivity contribution is 5.94. The van der Waals surface area contributed by atoms with Gasteiger partial charge in [0.05, 0.1) is 63.6 Å². The predicted octanol–water partition coefficient (Wildman–Crippen LogP) is 2.78.